The third-order valence-corrected chi connectivity index (χ3v) is 5.75. The second-order valence-electron chi connectivity index (χ2n) is 6.49. The first-order valence-corrected chi connectivity index (χ1v) is 10.4. The molecule has 158 valence electrons. The van der Waals surface area contributed by atoms with Crippen molar-refractivity contribution in [1.82, 2.24) is 9.97 Å². The molecule has 0 radical (unpaired) electrons. The van der Waals surface area contributed by atoms with E-state index < -0.39 is 22.0 Å². The molecule has 1 heterocycles. The van der Waals surface area contributed by atoms with Crippen LogP contribution in [0.1, 0.15) is 11.1 Å². The highest BCUT2D eigenvalue weighted by Crippen LogP contribution is 2.31. The molecule has 0 saturated heterocycles. The Balaban J connectivity index is 1.98. The van der Waals surface area contributed by atoms with Crippen LogP contribution in [0.25, 0.3) is 0 Å². The minimum atomic E-state index is -4.89. The predicted octanol–water partition coefficient (Wildman–Crippen LogP) is 4.48. The summed E-state index contributed by atoms with van der Waals surface area (Å²) in [4.78, 5) is 7.58. The standard InChI is InChI=1S/C20H18F3N3O3S/c1-15-5-2-3-8-19(15)29-18-7-4-6-17(9-18)26(12-16-10-24-14-25-11-16)30(27,28)13-20(21,22)23/h2-11,14H,12-13H2,1H3. The predicted molar refractivity (Wildman–Crippen MR) is 106 cm³/mol. The quantitative estimate of drug-likeness (QED) is 0.545. The van der Waals surface area contributed by atoms with E-state index in [9.17, 15) is 21.6 Å². The molecule has 0 aliphatic carbocycles. The van der Waals surface area contributed by atoms with E-state index >= 15 is 0 Å². The molecule has 3 rings (SSSR count). The molecule has 0 atom stereocenters. The number of aromatic nitrogens is 2. The fourth-order valence-electron chi connectivity index (χ4n) is 2.71. The summed E-state index contributed by atoms with van der Waals surface area (Å²) in [6.07, 6.45) is -0.957. The fraction of sp³-hybridized carbons (Fsp3) is 0.200. The summed E-state index contributed by atoms with van der Waals surface area (Å²) >= 11 is 0. The highest BCUT2D eigenvalue weighted by molar-refractivity contribution is 7.92. The van der Waals surface area contributed by atoms with Crippen molar-refractivity contribution < 1.29 is 26.3 Å². The van der Waals surface area contributed by atoms with Crippen LogP contribution in [-0.4, -0.2) is 30.3 Å². The molecule has 10 heteroatoms. The number of nitrogens with zero attached hydrogens (tertiary/aromatic N) is 3. The molecule has 1 aromatic heterocycles. The Kier molecular flexibility index (Phi) is 6.25. The van der Waals surface area contributed by atoms with E-state index in [1.807, 2.05) is 19.1 Å². The zero-order valence-corrected chi connectivity index (χ0v) is 16.7. The van der Waals surface area contributed by atoms with Gasteiger partial charge in [-0.3, -0.25) is 4.31 Å². The van der Waals surface area contributed by atoms with Gasteiger partial charge in [0.05, 0.1) is 12.2 Å². The van der Waals surface area contributed by atoms with Gasteiger partial charge in [0, 0.05) is 24.0 Å². The van der Waals surface area contributed by atoms with Gasteiger partial charge >= 0.3 is 6.18 Å². The number of anilines is 1. The Morgan fingerprint density at radius 3 is 2.40 bits per heavy atom. The number of rotatable bonds is 7. The monoisotopic (exact) mass is 437 g/mol. The summed E-state index contributed by atoms with van der Waals surface area (Å²) in [6, 6.07) is 13.1. The molecule has 0 aliphatic heterocycles. The van der Waals surface area contributed by atoms with Crippen LogP contribution in [0.5, 0.6) is 11.5 Å². The van der Waals surface area contributed by atoms with E-state index in [1.54, 1.807) is 18.2 Å². The minimum absolute atomic E-state index is 0.0363. The number of halogens is 3. The minimum Gasteiger partial charge on any atom is -0.457 e. The van der Waals surface area contributed by atoms with Gasteiger partial charge in [-0.1, -0.05) is 24.3 Å². The Morgan fingerprint density at radius 1 is 1.03 bits per heavy atom. The lowest BCUT2D eigenvalue weighted by Crippen LogP contribution is -2.37. The third kappa shape index (κ3) is 5.69. The van der Waals surface area contributed by atoms with Crippen molar-refractivity contribution in [3.8, 4) is 11.5 Å². The highest BCUT2D eigenvalue weighted by Gasteiger charge is 2.38. The molecule has 0 spiro atoms. The molecular weight excluding hydrogens is 419 g/mol. The SMILES string of the molecule is Cc1ccccc1Oc1cccc(N(Cc2cncnc2)S(=O)(=O)CC(F)(F)F)c1. The van der Waals surface area contributed by atoms with Gasteiger partial charge in [0.25, 0.3) is 0 Å². The van der Waals surface area contributed by atoms with Crippen LogP contribution in [0.15, 0.2) is 67.3 Å². The molecule has 0 saturated carbocycles. The topological polar surface area (TPSA) is 72.4 Å². The van der Waals surface area contributed by atoms with Crippen LogP contribution in [0.3, 0.4) is 0 Å². The van der Waals surface area contributed by atoms with Gasteiger partial charge in [-0.05, 0) is 30.7 Å². The van der Waals surface area contributed by atoms with Crippen LogP contribution in [0.2, 0.25) is 0 Å². The van der Waals surface area contributed by atoms with E-state index in [-0.39, 0.29) is 12.2 Å². The maximum Gasteiger partial charge on any atom is 0.404 e. The van der Waals surface area contributed by atoms with Gasteiger partial charge in [-0.15, -0.1) is 0 Å². The molecule has 6 nitrogen and oxygen atoms in total. The number of aryl methyl sites for hydroxylation is 1. The first-order chi connectivity index (χ1) is 14.1. The number of benzene rings is 2. The molecule has 0 aliphatic rings. The molecular formula is C20H18F3N3O3S. The fourth-order valence-corrected chi connectivity index (χ4v) is 4.06. The first-order valence-electron chi connectivity index (χ1n) is 8.79. The molecule has 0 N–H and O–H groups in total. The number of sulfonamides is 1. The van der Waals surface area contributed by atoms with Crippen LogP contribution < -0.4 is 9.04 Å². The van der Waals surface area contributed by atoms with E-state index in [4.69, 9.17) is 4.74 Å². The van der Waals surface area contributed by atoms with Gasteiger partial charge in [-0.25, -0.2) is 18.4 Å². The molecule has 3 aromatic rings. The van der Waals surface area contributed by atoms with Crippen molar-refractivity contribution in [1.29, 1.82) is 0 Å². The summed E-state index contributed by atoms with van der Waals surface area (Å²) in [7, 11) is -4.73. The average molecular weight is 437 g/mol. The first kappa shape index (κ1) is 21.6. The molecule has 30 heavy (non-hydrogen) atoms. The summed E-state index contributed by atoms with van der Waals surface area (Å²) in [5.41, 5.74) is 1.23. The smallest absolute Gasteiger partial charge is 0.404 e. The Labute approximate surface area is 172 Å². The van der Waals surface area contributed by atoms with Gasteiger partial charge in [0.1, 0.15) is 17.8 Å². The van der Waals surface area contributed by atoms with Crippen molar-refractivity contribution in [3.63, 3.8) is 0 Å². The van der Waals surface area contributed by atoms with Crippen molar-refractivity contribution >= 4 is 15.7 Å². The summed E-state index contributed by atoms with van der Waals surface area (Å²) < 4.78 is 70.4. The van der Waals surface area contributed by atoms with Crippen molar-refractivity contribution in [3.05, 3.63) is 78.4 Å². The third-order valence-electron chi connectivity index (χ3n) is 4.05. The zero-order chi connectivity index (χ0) is 21.8. The number of hydrogen-bond donors (Lipinski definition) is 0. The maximum absolute atomic E-state index is 12.9. The average Bonchev–Trinajstić information content (AvgIpc) is 2.67. The number of ether oxygens (including phenoxy) is 1. The van der Waals surface area contributed by atoms with Crippen molar-refractivity contribution in [2.45, 2.75) is 19.6 Å². The van der Waals surface area contributed by atoms with E-state index in [0.717, 1.165) is 5.56 Å². The molecule has 0 fully saturated rings. The van der Waals surface area contributed by atoms with Gasteiger partial charge in [0.2, 0.25) is 10.0 Å². The summed E-state index contributed by atoms with van der Waals surface area (Å²) in [5, 5.41) is 0. The molecule has 0 unspecified atom stereocenters. The summed E-state index contributed by atoms with van der Waals surface area (Å²) in [5.74, 6) is -1.15. The molecule has 0 amide bonds. The van der Waals surface area contributed by atoms with Gasteiger partial charge in [0.15, 0.2) is 5.75 Å². The normalized spacial score (nSPS) is 11.9. The maximum atomic E-state index is 12.9. The van der Waals surface area contributed by atoms with Crippen LogP contribution >= 0.6 is 0 Å². The Morgan fingerprint density at radius 2 is 1.73 bits per heavy atom. The number of hydrogen-bond acceptors (Lipinski definition) is 5. The van der Waals surface area contributed by atoms with E-state index in [1.165, 1.54) is 36.9 Å². The van der Waals surface area contributed by atoms with Crippen molar-refractivity contribution in [2.24, 2.45) is 0 Å². The Hall–Kier alpha value is -3.14. The molecule has 0 bridgehead atoms. The second kappa shape index (κ2) is 8.70. The highest BCUT2D eigenvalue weighted by atomic mass is 32.2. The van der Waals surface area contributed by atoms with Crippen molar-refractivity contribution in [2.75, 3.05) is 10.1 Å². The summed E-state index contributed by atoms with van der Waals surface area (Å²) in [6.45, 7) is 1.49. The van der Waals surface area contributed by atoms with E-state index in [0.29, 0.717) is 21.4 Å². The second-order valence-corrected chi connectivity index (χ2v) is 8.38. The van der Waals surface area contributed by atoms with Crippen LogP contribution in [0.4, 0.5) is 18.9 Å². The lowest BCUT2D eigenvalue weighted by atomic mass is 10.2. The largest absolute Gasteiger partial charge is 0.457 e. The van der Waals surface area contributed by atoms with Gasteiger partial charge < -0.3 is 4.74 Å². The molecule has 2 aromatic carbocycles. The zero-order valence-electron chi connectivity index (χ0n) is 15.9. The van der Waals surface area contributed by atoms with E-state index in [2.05, 4.69) is 9.97 Å². The number of alkyl halides is 3. The lowest BCUT2D eigenvalue weighted by molar-refractivity contribution is -0.106. The lowest BCUT2D eigenvalue weighted by Gasteiger charge is -2.25. The Bertz CT molecular complexity index is 1110. The number of para-hydroxylation sites is 1. The van der Waals surface area contributed by atoms with Crippen LogP contribution in [0, 0.1) is 6.92 Å². The van der Waals surface area contributed by atoms with Gasteiger partial charge in [-0.2, -0.15) is 13.2 Å². The van der Waals surface area contributed by atoms with Crippen LogP contribution in [-0.2, 0) is 16.6 Å².